The highest BCUT2D eigenvalue weighted by Crippen LogP contribution is 2.27. The lowest BCUT2D eigenvalue weighted by Gasteiger charge is -2.06. The predicted molar refractivity (Wildman–Crippen MR) is 136 cm³/mol. The van der Waals surface area contributed by atoms with Crippen molar-refractivity contribution in [3.05, 3.63) is 60.8 Å². The Kier molecular flexibility index (Phi) is 5.25. The zero-order valence-corrected chi connectivity index (χ0v) is 19.7. The number of hydrogen-bond acceptors (Lipinski definition) is 8. The number of rotatable bonds is 5. The second-order valence-corrected chi connectivity index (χ2v) is 9.41. The Bertz CT molecular complexity index is 1510. The Morgan fingerprint density at radius 3 is 2.28 bits per heavy atom. The third-order valence-electron chi connectivity index (χ3n) is 7.00. The van der Waals surface area contributed by atoms with Gasteiger partial charge >= 0.3 is 0 Å². The third-order valence-corrected chi connectivity index (χ3v) is 7.00. The maximum Gasteiger partial charge on any atom is 0.179 e. The van der Waals surface area contributed by atoms with Crippen molar-refractivity contribution >= 4 is 11.0 Å². The zero-order valence-electron chi connectivity index (χ0n) is 19.7. The van der Waals surface area contributed by atoms with Crippen LogP contribution in [-0.4, -0.2) is 53.0 Å². The van der Waals surface area contributed by atoms with Crippen molar-refractivity contribution in [2.24, 2.45) is 0 Å². The van der Waals surface area contributed by atoms with Gasteiger partial charge in [-0.05, 0) is 50.9 Å². The highest BCUT2D eigenvalue weighted by molar-refractivity contribution is 5.81. The molecule has 1 aromatic carbocycles. The molecular formula is C26H26N10. The van der Waals surface area contributed by atoms with E-state index in [0.29, 0.717) is 23.6 Å². The summed E-state index contributed by atoms with van der Waals surface area (Å²) in [6, 6.07) is 6.66. The molecule has 2 aliphatic rings. The Balaban J connectivity index is 1.11. The van der Waals surface area contributed by atoms with E-state index in [1.54, 1.807) is 18.6 Å². The van der Waals surface area contributed by atoms with E-state index in [2.05, 4.69) is 40.5 Å². The number of nitrogens with one attached hydrogen (secondary N) is 4. The Hall–Kier alpha value is -4.02. The van der Waals surface area contributed by atoms with Crippen molar-refractivity contribution in [2.45, 2.75) is 37.8 Å². The predicted octanol–water partition coefficient (Wildman–Crippen LogP) is 3.72. The van der Waals surface area contributed by atoms with E-state index in [-0.39, 0.29) is 0 Å². The molecule has 180 valence electrons. The average molecular weight is 479 g/mol. The second-order valence-electron chi connectivity index (χ2n) is 9.41. The summed E-state index contributed by atoms with van der Waals surface area (Å²) >= 11 is 0. The van der Waals surface area contributed by atoms with E-state index < -0.39 is 0 Å². The van der Waals surface area contributed by atoms with E-state index in [0.717, 1.165) is 71.1 Å². The molecule has 0 spiro atoms. The van der Waals surface area contributed by atoms with Gasteiger partial charge in [0.25, 0.3) is 0 Å². The lowest BCUT2D eigenvalue weighted by Crippen LogP contribution is -2.14. The van der Waals surface area contributed by atoms with Crippen molar-refractivity contribution in [1.29, 1.82) is 0 Å². The normalized spacial score (nSPS) is 19.9. The van der Waals surface area contributed by atoms with Gasteiger partial charge in [0.2, 0.25) is 0 Å². The van der Waals surface area contributed by atoms with Gasteiger partial charge in [0.15, 0.2) is 5.82 Å². The number of fused-ring (bicyclic) bond motifs is 1. The van der Waals surface area contributed by atoms with Crippen LogP contribution in [-0.2, 0) is 0 Å². The number of imidazole rings is 2. The molecule has 4 aromatic heterocycles. The van der Waals surface area contributed by atoms with Crippen molar-refractivity contribution in [1.82, 2.24) is 50.5 Å². The molecule has 2 saturated heterocycles. The van der Waals surface area contributed by atoms with E-state index in [4.69, 9.17) is 9.97 Å². The molecule has 0 unspecified atom stereocenters. The summed E-state index contributed by atoms with van der Waals surface area (Å²) in [6.07, 6.45) is 13.7. The Morgan fingerprint density at radius 1 is 0.694 bits per heavy atom. The van der Waals surface area contributed by atoms with Crippen LogP contribution in [0.2, 0.25) is 0 Å². The monoisotopic (exact) mass is 478 g/mol. The van der Waals surface area contributed by atoms with E-state index in [1.807, 2.05) is 30.6 Å². The molecule has 0 amide bonds. The molecule has 10 nitrogen and oxygen atoms in total. The summed E-state index contributed by atoms with van der Waals surface area (Å²) in [5.74, 6) is 2.49. The molecule has 36 heavy (non-hydrogen) atoms. The number of aromatic amines is 2. The molecule has 0 saturated carbocycles. The van der Waals surface area contributed by atoms with Crippen molar-refractivity contribution in [3.8, 4) is 34.0 Å². The lowest BCUT2D eigenvalue weighted by molar-refractivity contribution is 0.613. The van der Waals surface area contributed by atoms with Gasteiger partial charge in [-0.1, -0.05) is 6.07 Å². The fraction of sp³-hybridized carbons (Fsp3) is 0.308. The first-order valence-corrected chi connectivity index (χ1v) is 12.5. The van der Waals surface area contributed by atoms with Gasteiger partial charge in [-0.15, -0.1) is 0 Å². The average Bonchev–Trinajstić information content (AvgIpc) is 3.75. The van der Waals surface area contributed by atoms with Gasteiger partial charge in [0.1, 0.15) is 17.3 Å². The van der Waals surface area contributed by atoms with Crippen LogP contribution in [0.1, 0.15) is 49.4 Å². The molecular weight excluding hydrogens is 452 g/mol. The van der Waals surface area contributed by atoms with Crippen LogP contribution in [0.4, 0.5) is 0 Å². The quantitative estimate of drug-likeness (QED) is 0.300. The van der Waals surface area contributed by atoms with Gasteiger partial charge in [0.05, 0.1) is 46.9 Å². The minimum atomic E-state index is 0.298. The highest BCUT2D eigenvalue weighted by atomic mass is 15.0. The second kappa shape index (κ2) is 8.89. The molecule has 10 heteroatoms. The summed E-state index contributed by atoms with van der Waals surface area (Å²) in [6.45, 7) is 2.08. The van der Waals surface area contributed by atoms with E-state index in [9.17, 15) is 0 Å². The number of nitrogens with zero attached hydrogens (tertiary/aromatic N) is 6. The molecule has 4 N–H and O–H groups in total. The topological polar surface area (TPSA) is 133 Å². The number of benzene rings is 1. The van der Waals surface area contributed by atoms with Gasteiger partial charge in [-0.2, -0.15) is 0 Å². The third kappa shape index (κ3) is 3.94. The van der Waals surface area contributed by atoms with Gasteiger partial charge < -0.3 is 20.6 Å². The van der Waals surface area contributed by atoms with Crippen molar-refractivity contribution in [3.63, 3.8) is 0 Å². The van der Waals surface area contributed by atoms with Crippen LogP contribution in [0, 0.1) is 0 Å². The summed E-state index contributed by atoms with van der Waals surface area (Å²) < 4.78 is 0. The first-order chi connectivity index (χ1) is 17.8. The zero-order chi connectivity index (χ0) is 23.9. The number of aromatic nitrogens is 8. The van der Waals surface area contributed by atoms with Gasteiger partial charge in [-0.25, -0.2) is 24.9 Å². The van der Waals surface area contributed by atoms with Crippen LogP contribution in [0.25, 0.3) is 45.1 Å². The van der Waals surface area contributed by atoms with Crippen LogP contribution in [0.3, 0.4) is 0 Å². The smallest absolute Gasteiger partial charge is 0.179 e. The summed E-state index contributed by atoms with van der Waals surface area (Å²) in [5.41, 5.74) is 5.96. The van der Waals surface area contributed by atoms with Gasteiger partial charge in [0, 0.05) is 29.7 Å². The maximum atomic E-state index is 4.75. The first kappa shape index (κ1) is 21.3. The van der Waals surface area contributed by atoms with Gasteiger partial charge in [-0.3, -0.25) is 4.98 Å². The molecule has 2 aliphatic heterocycles. The molecule has 0 bridgehead atoms. The molecule has 6 heterocycles. The standard InChI is InChI=1S/C26H26N10/c1-3-18(27-7-1)25-32-12-21(35-25)15-5-6-17-20(9-15)29-14-23(34-17)24-30-10-16(11-31-24)22-13-33-26(36-22)19-4-2-8-28-19/h5-6,9-14,18-19,27-28H,1-4,7-8H2,(H,32,35)(H,33,36)/t18-,19-/m0/s1. The molecule has 2 fully saturated rings. The first-order valence-electron chi connectivity index (χ1n) is 12.5. The van der Waals surface area contributed by atoms with Crippen LogP contribution in [0.5, 0.6) is 0 Å². The van der Waals surface area contributed by atoms with E-state index >= 15 is 0 Å². The molecule has 0 aliphatic carbocycles. The SMILES string of the molecule is c1nc(-c2cnc3cc(-c4cnc([C@@H]5CCCN5)[nH]4)ccc3n2)ncc1-c1c[nH]c([C@@H]2CCCN2)n1. The largest absolute Gasteiger partial charge is 0.347 e. The summed E-state index contributed by atoms with van der Waals surface area (Å²) in [7, 11) is 0. The maximum absolute atomic E-state index is 4.75. The van der Waals surface area contributed by atoms with Crippen LogP contribution >= 0.6 is 0 Å². The summed E-state index contributed by atoms with van der Waals surface area (Å²) in [5, 5.41) is 6.94. The van der Waals surface area contributed by atoms with E-state index in [1.165, 1.54) is 12.8 Å². The summed E-state index contributed by atoms with van der Waals surface area (Å²) in [4.78, 5) is 34.5. The van der Waals surface area contributed by atoms with Crippen molar-refractivity contribution < 1.29 is 0 Å². The molecule has 2 atom stereocenters. The van der Waals surface area contributed by atoms with Crippen LogP contribution in [0.15, 0.2) is 49.2 Å². The molecule has 5 aromatic rings. The number of H-pyrrole nitrogens is 2. The highest BCUT2D eigenvalue weighted by Gasteiger charge is 2.20. The fourth-order valence-electron chi connectivity index (χ4n) is 5.04. The minimum absolute atomic E-state index is 0.298. The Morgan fingerprint density at radius 2 is 1.50 bits per heavy atom. The van der Waals surface area contributed by atoms with Crippen molar-refractivity contribution in [2.75, 3.05) is 13.1 Å². The molecule has 7 rings (SSSR count). The Labute approximate surface area is 207 Å². The number of hydrogen-bond donors (Lipinski definition) is 4. The fourth-order valence-corrected chi connectivity index (χ4v) is 5.04. The minimum Gasteiger partial charge on any atom is -0.347 e. The molecule has 0 radical (unpaired) electrons. The lowest BCUT2D eigenvalue weighted by atomic mass is 10.1. The van der Waals surface area contributed by atoms with Crippen LogP contribution < -0.4 is 10.6 Å².